The van der Waals surface area contributed by atoms with Gasteiger partial charge in [-0.2, -0.15) is 5.10 Å². The van der Waals surface area contributed by atoms with Crippen LogP contribution >= 0.6 is 0 Å². The molecule has 0 spiro atoms. The Kier molecular flexibility index (Phi) is 4.59. The monoisotopic (exact) mass is 374 g/mol. The van der Waals surface area contributed by atoms with E-state index in [0.717, 1.165) is 6.07 Å². The molecule has 9 nitrogen and oxygen atoms in total. The van der Waals surface area contributed by atoms with Crippen LogP contribution in [0.4, 0.5) is 11.4 Å². The van der Waals surface area contributed by atoms with Crippen molar-refractivity contribution in [3.8, 4) is 11.4 Å². The highest BCUT2D eigenvalue weighted by Crippen LogP contribution is 2.31. The van der Waals surface area contributed by atoms with Crippen molar-refractivity contribution in [3.63, 3.8) is 0 Å². The first-order valence-electron chi connectivity index (χ1n) is 7.36. The van der Waals surface area contributed by atoms with Crippen LogP contribution in [0.5, 0.6) is 5.75 Å². The van der Waals surface area contributed by atoms with Gasteiger partial charge in [-0.3, -0.25) is 14.8 Å². The fourth-order valence-corrected chi connectivity index (χ4v) is 3.62. The molecule has 3 aromatic rings. The SMILES string of the molecule is COc1ccc([N+](=O)[O-])cc1S(=O)(=O)Nc1ccccc1-n1cccn1. The number of anilines is 1. The summed E-state index contributed by atoms with van der Waals surface area (Å²) in [5, 5.41) is 15.1. The summed E-state index contributed by atoms with van der Waals surface area (Å²) >= 11 is 0. The van der Waals surface area contributed by atoms with E-state index in [1.807, 2.05) is 0 Å². The van der Waals surface area contributed by atoms with Gasteiger partial charge >= 0.3 is 0 Å². The molecule has 0 fully saturated rings. The maximum absolute atomic E-state index is 12.8. The Bertz CT molecular complexity index is 1050. The van der Waals surface area contributed by atoms with Gasteiger partial charge in [0.1, 0.15) is 10.6 Å². The Hall–Kier alpha value is -3.40. The molecule has 0 radical (unpaired) electrons. The first kappa shape index (κ1) is 17.4. The lowest BCUT2D eigenvalue weighted by Gasteiger charge is -2.14. The number of methoxy groups -OCH3 is 1. The van der Waals surface area contributed by atoms with Crippen LogP contribution in [0.1, 0.15) is 0 Å². The molecule has 10 heteroatoms. The van der Waals surface area contributed by atoms with Crippen molar-refractivity contribution in [2.75, 3.05) is 11.8 Å². The number of nitro benzene ring substituents is 1. The molecule has 0 aliphatic carbocycles. The summed E-state index contributed by atoms with van der Waals surface area (Å²) in [4.78, 5) is 9.99. The zero-order chi connectivity index (χ0) is 18.7. The van der Waals surface area contributed by atoms with E-state index in [-0.39, 0.29) is 22.0 Å². The van der Waals surface area contributed by atoms with Gasteiger partial charge < -0.3 is 4.74 Å². The van der Waals surface area contributed by atoms with Gasteiger partial charge in [0.25, 0.3) is 15.7 Å². The number of benzene rings is 2. The fourth-order valence-electron chi connectivity index (χ4n) is 2.36. The number of para-hydroxylation sites is 2. The highest BCUT2D eigenvalue weighted by atomic mass is 32.2. The number of non-ortho nitro benzene ring substituents is 1. The van der Waals surface area contributed by atoms with Crippen LogP contribution in [-0.2, 0) is 10.0 Å². The van der Waals surface area contributed by atoms with Crippen LogP contribution in [0.3, 0.4) is 0 Å². The van der Waals surface area contributed by atoms with E-state index in [1.54, 1.807) is 42.7 Å². The van der Waals surface area contributed by atoms with E-state index < -0.39 is 14.9 Å². The van der Waals surface area contributed by atoms with Gasteiger partial charge in [-0.15, -0.1) is 0 Å². The summed E-state index contributed by atoms with van der Waals surface area (Å²) in [6, 6.07) is 11.7. The molecule has 0 amide bonds. The van der Waals surface area contributed by atoms with Crippen LogP contribution in [0, 0.1) is 10.1 Å². The number of aromatic nitrogens is 2. The van der Waals surface area contributed by atoms with Gasteiger partial charge in [-0.05, 0) is 24.3 Å². The van der Waals surface area contributed by atoms with Crippen LogP contribution in [-0.4, -0.2) is 30.2 Å². The lowest BCUT2D eigenvalue weighted by Crippen LogP contribution is -2.16. The number of rotatable bonds is 6. The molecule has 1 N–H and O–H groups in total. The van der Waals surface area contributed by atoms with E-state index in [2.05, 4.69) is 9.82 Å². The Morgan fingerprint density at radius 1 is 1.19 bits per heavy atom. The van der Waals surface area contributed by atoms with Crippen molar-refractivity contribution in [1.29, 1.82) is 0 Å². The third kappa shape index (κ3) is 3.35. The first-order valence-corrected chi connectivity index (χ1v) is 8.85. The molecule has 134 valence electrons. The summed E-state index contributed by atoms with van der Waals surface area (Å²) in [5.74, 6) is -0.000305. The molecule has 1 heterocycles. The molecule has 0 saturated heterocycles. The molecule has 2 aromatic carbocycles. The maximum Gasteiger partial charge on any atom is 0.271 e. The number of nitro groups is 1. The van der Waals surface area contributed by atoms with Crippen molar-refractivity contribution in [2.24, 2.45) is 0 Å². The molecule has 0 aliphatic rings. The fraction of sp³-hybridized carbons (Fsp3) is 0.0625. The van der Waals surface area contributed by atoms with Crippen molar-refractivity contribution in [3.05, 3.63) is 71.0 Å². The first-order chi connectivity index (χ1) is 12.4. The number of sulfonamides is 1. The average Bonchev–Trinajstić information content (AvgIpc) is 3.15. The summed E-state index contributed by atoms with van der Waals surface area (Å²) in [7, 11) is -2.86. The number of nitrogens with one attached hydrogen (secondary N) is 1. The van der Waals surface area contributed by atoms with Gasteiger partial charge in [-0.25, -0.2) is 13.1 Å². The highest BCUT2D eigenvalue weighted by Gasteiger charge is 2.24. The topological polar surface area (TPSA) is 116 Å². The van der Waals surface area contributed by atoms with Crippen molar-refractivity contribution in [2.45, 2.75) is 4.90 Å². The third-order valence-electron chi connectivity index (χ3n) is 3.55. The summed E-state index contributed by atoms with van der Waals surface area (Å²) in [6.07, 6.45) is 3.23. The zero-order valence-corrected chi connectivity index (χ0v) is 14.4. The van der Waals surface area contributed by atoms with Crippen LogP contribution in [0.25, 0.3) is 5.69 Å². The lowest BCUT2D eigenvalue weighted by molar-refractivity contribution is -0.385. The van der Waals surface area contributed by atoms with Crippen molar-refractivity contribution >= 4 is 21.4 Å². The summed E-state index contributed by atoms with van der Waals surface area (Å²) in [6.45, 7) is 0. The number of hydrogen-bond donors (Lipinski definition) is 1. The van der Waals surface area contributed by atoms with Gasteiger partial charge in [0.05, 0.1) is 23.4 Å². The molecular weight excluding hydrogens is 360 g/mol. The molecule has 0 aliphatic heterocycles. The second-order valence-corrected chi connectivity index (χ2v) is 6.82. The number of nitrogens with zero attached hydrogens (tertiary/aromatic N) is 3. The van der Waals surface area contributed by atoms with Gasteiger partial charge in [-0.1, -0.05) is 12.1 Å². The van der Waals surface area contributed by atoms with Gasteiger partial charge in [0.15, 0.2) is 0 Å². The molecular formula is C16H14N4O5S. The Labute approximate surface area is 149 Å². The smallest absolute Gasteiger partial charge is 0.271 e. The van der Waals surface area contributed by atoms with E-state index in [1.165, 1.54) is 23.9 Å². The molecule has 3 rings (SSSR count). The highest BCUT2D eigenvalue weighted by molar-refractivity contribution is 7.92. The quantitative estimate of drug-likeness (QED) is 0.524. The molecule has 1 aromatic heterocycles. The Morgan fingerprint density at radius 2 is 1.96 bits per heavy atom. The second kappa shape index (κ2) is 6.84. The van der Waals surface area contributed by atoms with Crippen LogP contribution < -0.4 is 9.46 Å². The van der Waals surface area contributed by atoms with Crippen LogP contribution in [0.15, 0.2) is 65.8 Å². The molecule has 0 saturated carbocycles. The summed E-state index contributed by atoms with van der Waals surface area (Å²) < 4.78 is 34.7. The van der Waals surface area contributed by atoms with Crippen molar-refractivity contribution in [1.82, 2.24) is 9.78 Å². The lowest BCUT2D eigenvalue weighted by atomic mass is 10.3. The number of ether oxygens (including phenoxy) is 1. The number of hydrogen-bond acceptors (Lipinski definition) is 6. The predicted octanol–water partition coefficient (Wildman–Crippen LogP) is 2.59. The van der Waals surface area contributed by atoms with Gasteiger partial charge in [0, 0.05) is 24.5 Å². The maximum atomic E-state index is 12.8. The third-order valence-corrected chi connectivity index (χ3v) is 4.93. The zero-order valence-electron chi connectivity index (χ0n) is 13.6. The average molecular weight is 374 g/mol. The van der Waals surface area contributed by atoms with Crippen molar-refractivity contribution < 1.29 is 18.1 Å². The van der Waals surface area contributed by atoms with Crippen LogP contribution in [0.2, 0.25) is 0 Å². The standard InChI is InChI=1S/C16H14N4O5S/c1-25-15-8-7-12(20(21)22)11-16(15)26(23,24)18-13-5-2-3-6-14(13)19-10-4-9-17-19/h2-11,18H,1H3. The minimum atomic E-state index is -4.15. The Balaban J connectivity index is 2.06. The molecule has 0 bridgehead atoms. The van der Waals surface area contributed by atoms with Gasteiger partial charge in [0.2, 0.25) is 0 Å². The molecule has 0 unspecified atom stereocenters. The van der Waals surface area contributed by atoms with E-state index in [9.17, 15) is 18.5 Å². The minimum Gasteiger partial charge on any atom is -0.495 e. The minimum absolute atomic E-state index is 0.000305. The van der Waals surface area contributed by atoms with E-state index in [0.29, 0.717) is 5.69 Å². The molecule has 26 heavy (non-hydrogen) atoms. The molecule has 0 atom stereocenters. The predicted molar refractivity (Wildman–Crippen MR) is 94.0 cm³/mol. The normalized spacial score (nSPS) is 11.1. The van der Waals surface area contributed by atoms with E-state index in [4.69, 9.17) is 4.74 Å². The second-order valence-electron chi connectivity index (χ2n) is 5.17. The summed E-state index contributed by atoms with van der Waals surface area (Å²) in [5.41, 5.74) is 0.418. The Morgan fingerprint density at radius 3 is 2.62 bits per heavy atom. The largest absolute Gasteiger partial charge is 0.495 e. The van der Waals surface area contributed by atoms with E-state index >= 15 is 0 Å².